The predicted molar refractivity (Wildman–Crippen MR) is 71.3 cm³/mol. The quantitative estimate of drug-likeness (QED) is 0.725. The molecule has 6 nitrogen and oxygen atoms in total. The van der Waals surface area contributed by atoms with Crippen molar-refractivity contribution < 1.29 is 14.7 Å². The molecule has 1 amide bonds. The summed E-state index contributed by atoms with van der Waals surface area (Å²) < 4.78 is 1.67. The van der Waals surface area contributed by atoms with Gasteiger partial charge in [0.25, 0.3) is 0 Å². The van der Waals surface area contributed by atoms with Gasteiger partial charge in [-0.05, 0) is 31.9 Å². The maximum atomic E-state index is 11.6. The van der Waals surface area contributed by atoms with Crippen LogP contribution in [0.15, 0.2) is 18.3 Å². The minimum Gasteiger partial charge on any atom is -0.481 e. The molecule has 0 saturated carbocycles. The Balaban J connectivity index is 2.32. The number of aliphatic carboxylic acids is 1. The Morgan fingerprint density at radius 1 is 1.58 bits per heavy atom. The molecule has 1 heterocycles. The second-order valence-corrected chi connectivity index (χ2v) is 4.41. The zero-order valence-corrected chi connectivity index (χ0v) is 11.2. The highest BCUT2D eigenvalue weighted by atomic mass is 16.4. The summed E-state index contributed by atoms with van der Waals surface area (Å²) in [4.78, 5) is 22.0. The van der Waals surface area contributed by atoms with Crippen molar-refractivity contribution in [2.24, 2.45) is 7.05 Å². The van der Waals surface area contributed by atoms with E-state index in [0.717, 1.165) is 5.69 Å². The van der Waals surface area contributed by atoms with Gasteiger partial charge in [-0.15, -0.1) is 0 Å². The number of amides is 1. The molecular weight excluding hydrogens is 246 g/mol. The first-order chi connectivity index (χ1) is 8.99. The van der Waals surface area contributed by atoms with E-state index >= 15 is 0 Å². The van der Waals surface area contributed by atoms with E-state index in [1.165, 1.54) is 6.08 Å². The summed E-state index contributed by atoms with van der Waals surface area (Å²) in [6, 6.07) is 1.77. The van der Waals surface area contributed by atoms with Gasteiger partial charge in [-0.2, -0.15) is 5.10 Å². The number of nitrogens with zero attached hydrogens (tertiary/aromatic N) is 2. The van der Waals surface area contributed by atoms with E-state index in [-0.39, 0.29) is 18.4 Å². The van der Waals surface area contributed by atoms with Crippen molar-refractivity contribution in [1.29, 1.82) is 0 Å². The minimum atomic E-state index is -0.811. The van der Waals surface area contributed by atoms with Gasteiger partial charge in [-0.1, -0.05) is 0 Å². The van der Waals surface area contributed by atoms with Gasteiger partial charge in [0.1, 0.15) is 0 Å². The summed E-state index contributed by atoms with van der Waals surface area (Å²) in [5.41, 5.74) is 0.841. The molecule has 104 valence electrons. The normalized spacial score (nSPS) is 12.5. The second kappa shape index (κ2) is 7.35. The van der Waals surface area contributed by atoms with Crippen molar-refractivity contribution in [3.8, 4) is 0 Å². The van der Waals surface area contributed by atoms with Gasteiger partial charge in [0.2, 0.25) is 5.91 Å². The fraction of sp³-hybridized carbons (Fsp3) is 0.462. The average molecular weight is 265 g/mol. The summed E-state index contributed by atoms with van der Waals surface area (Å²) in [7, 11) is 1.80. The monoisotopic (exact) mass is 265 g/mol. The zero-order chi connectivity index (χ0) is 14.3. The lowest BCUT2D eigenvalue weighted by Crippen LogP contribution is -2.31. The van der Waals surface area contributed by atoms with Crippen molar-refractivity contribution in [3.05, 3.63) is 24.0 Å². The van der Waals surface area contributed by atoms with Gasteiger partial charge in [0, 0.05) is 31.8 Å². The number of hydrogen-bond acceptors (Lipinski definition) is 3. The van der Waals surface area contributed by atoms with Crippen molar-refractivity contribution in [1.82, 2.24) is 15.1 Å². The molecule has 0 saturated heterocycles. The molecular formula is C13H19N3O3. The average Bonchev–Trinajstić information content (AvgIpc) is 2.71. The first kappa shape index (κ1) is 14.9. The molecule has 1 unspecified atom stereocenters. The van der Waals surface area contributed by atoms with Crippen LogP contribution >= 0.6 is 0 Å². The van der Waals surface area contributed by atoms with E-state index in [0.29, 0.717) is 12.8 Å². The molecule has 1 aromatic heterocycles. The molecule has 2 N–H and O–H groups in total. The Kier molecular flexibility index (Phi) is 5.78. The highest BCUT2D eigenvalue weighted by molar-refractivity contribution is 5.91. The number of carbonyl (C=O) groups excluding carboxylic acids is 1. The van der Waals surface area contributed by atoms with Gasteiger partial charge < -0.3 is 10.4 Å². The first-order valence-electron chi connectivity index (χ1n) is 6.17. The van der Waals surface area contributed by atoms with E-state index in [1.54, 1.807) is 30.1 Å². The number of nitrogens with one attached hydrogen (secondary N) is 1. The van der Waals surface area contributed by atoms with Crippen molar-refractivity contribution in [3.63, 3.8) is 0 Å². The Labute approximate surface area is 112 Å². The summed E-state index contributed by atoms with van der Waals surface area (Å²) >= 11 is 0. The molecule has 19 heavy (non-hydrogen) atoms. The van der Waals surface area contributed by atoms with Crippen LogP contribution in [-0.4, -0.2) is 32.8 Å². The first-order valence-corrected chi connectivity index (χ1v) is 6.17. The maximum absolute atomic E-state index is 11.6. The van der Waals surface area contributed by atoms with Crippen molar-refractivity contribution in [2.45, 2.75) is 32.2 Å². The molecule has 0 bridgehead atoms. The predicted octanol–water partition coefficient (Wildman–Crippen LogP) is 1.19. The van der Waals surface area contributed by atoms with Crippen LogP contribution < -0.4 is 5.32 Å². The van der Waals surface area contributed by atoms with Crippen molar-refractivity contribution in [2.75, 3.05) is 0 Å². The van der Waals surface area contributed by atoms with Gasteiger partial charge in [-0.3, -0.25) is 14.3 Å². The third kappa shape index (κ3) is 5.85. The van der Waals surface area contributed by atoms with Gasteiger partial charge >= 0.3 is 5.97 Å². The number of carboxylic acids is 1. The maximum Gasteiger partial charge on any atom is 0.303 e. The van der Waals surface area contributed by atoms with Crippen LogP contribution in [0.4, 0.5) is 0 Å². The van der Waals surface area contributed by atoms with Gasteiger partial charge in [0.15, 0.2) is 0 Å². The molecule has 1 atom stereocenters. The van der Waals surface area contributed by atoms with Crippen molar-refractivity contribution >= 4 is 18.0 Å². The van der Waals surface area contributed by atoms with E-state index in [2.05, 4.69) is 10.4 Å². The zero-order valence-electron chi connectivity index (χ0n) is 11.2. The molecule has 1 aromatic rings. The number of carboxylic acid groups (broad SMARTS) is 1. The molecule has 0 aliphatic carbocycles. The van der Waals surface area contributed by atoms with Gasteiger partial charge in [-0.25, -0.2) is 0 Å². The standard InChI is InChI=1S/C13H19N3O3/c1-10(4-3-5-13(18)19)15-12(17)7-6-11-8-9-14-16(11)2/h6-10H,3-5H2,1-2H3,(H,15,17)(H,18,19)/b7-6+. The molecule has 0 aliphatic rings. The molecule has 1 rings (SSSR count). The fourth-order valence-electron chi connectivity index (χ4n) is 1.63. The number of carbonyl (C=O) groups is 2. The summed E-state index contributed by atoms with van der Waals surface area (Å²) in [5, 5.41) is 15.3. The molecule has 0 aliphatic heterocycles. The topological polar surface area (TPSA) is 84.2 Å². The lowest BCUT2D eigenvalue weighted by molar-refractivity contribution is -0.137. The summed E-state index contributed by atoms with van der Waals surface area (Å²) in [6.45, 7) is 1.86. The smallest absolute Gasteiger partial charge is 0.303 e. The number of rotatable bonds is 7. The van der Waals surface area contributed by atoms with E-state index in [1.807, 2.05) is 6.92 Å². The molecule has 0 spiro atoms. The third-order valence-corrected chi connectivity index (χ3v) is 2.68. The third-order valence-electron chi connectivity index (χ3n) is 2.68. The highest BCUT2D eigenvalue weighted by Gasteiger charge is 2.06. The van der Waals surface area contributed by atoms with E-state index < -0.39 is 5.97 Å². The second-order valence-electron chi connectivity index (χ2n) is 4.41. The lowest BCUT2D eigenvalue weighted by Gasteiger charge is -2.11. The number of aryl methyl sites for hydroxylation is 1. The van der Waals surface area contributed by atoms with Crippen LogP contribution in [-0.2, 0) is 16.6 Å². The Morgan fingerprint density at radius 3 is 2.89 bits per heavy atom. The minimum absolute atomic E-state index is 0.0389. The molecule has 0 fully saturated rings. The number of aromatic nitrogens is 2. The Morgan fingerprint density at radius 2 is 2.32 bits per heavy atom. The SMILES string of the molecule is CC(CCCC(=O)O)NC(=O)/C=C/c1ccnn1C. The fourth-order valence-corrected chi connectivity index (χ4v) is 1.63. The Hall–Kier alpha value is -2.11. The van der Waals surface area contributed by atoms with E-state index in [4.69, 9.17) is 5.11 Å². The van der Waals surface area contributed by atoms with E-state index in [9.17, 15) is 9.59 Å². The Bertz CT molecular complexity index is 465. The summed E-state index contributed by atoms with van der Waals surface area (Å²) in [5.74, 6) is -1.00. The van der Waals surface area contributed by atoms with Crippen LogP contribution in [0.1, 0.15) is 31.9 Å². The summed E-state index contributed by atoms with van der Waals surface area (Å²) in [6.07, 6.45) is 6.13. The largest absolute Gasteiger partial charge is 0.481 e. The molecule has 0 aromatic carbocycles. The number of hydrogen-bond donors (Lipinski definition) is 2. The van der Waals surface area contributed by atoms with Crippen LogP contribution in [0.25, 0.3) is 6.08 Å². The van der Waals surface area contributed by atoms with Crippen LogP contribution in [0.5, 0.6) is 0 Å². The molecule has 6 heteroatoms. The van der Waals surface area contributed by atoms with Crippen LogP contribution in [0, 0.1) is 0 Å². The van der Waals surface area contributed by atoms with Crippen LogP contribution in [0.2, 0.25) is 0 Å². The van der Waals surface area contributed by atoms with Gasteiger partial charge in [0.05, 0.1) is 5.69 Å². The molecule has 0 radical (unpaired) electrons. The highest BCUT2D eigenvalue weighted by Crippen LogP contribution is 2.02. The lowest BCUT2D eigenvalue weighted by atomic mass is 10.1. The van der Waals surface area contributed by atoms with Crippen LogP contribution in [0.3, 0.4) is 0 Å².